The predicted octanol–water partition coefficient (Wildman–Crippen LogP) is -0.0543. The van der Waals surface area contributed by atoms with Crippen LogP contribution < -0.4 is 4.74 Å². The Morgan fingerprint density at radius 3 is 2.43 bits per heavy atom. The van der Waals surface area contributed by atoms with Crippen LogP contribution in [0, 0.1) is 0 Å². The molecule has 6 N–H and O–H groups in total. The highest BCUT2D eigenvalue weighted by atomic mass is 16.5. The Balaban J connectivity index is 1.99. The second-order valence-electron chi connectivity index (χ2n) is 7.58. The van der Waals surface area contributed by atoms with Crippen molar-refractivity contribution >= 4 is 11.6 Å². The molecular formula is C21H20O9. The molecule has 2 aromatic rings. The van der Waals surface area contributed by atoms with E-state index in [1.165, 1.54) is 25.3 Å². The summed E-state index contributed by atoms with van der Waals surface area (Å²) in [5.41, 5.74) is -3.39. The molecule has 0 aliphatic heterocycles. The van der Waals surface area contributed by atoms with Crippen LogP contribution in [0.5, 0.6) is 17.2 Å². The molecular weight excluding hydrogens is 396 g/mol. The van der Waals surface area contributed by atoms with Gasteiger partial charge >= 0.3 is 0 Å². The van der Waals surface area contributed by atoms with E-state index in [1.807, 2.05) is 0 Å². The van der Waals surface area contributed by atoms with Gasteiger partial charge in [0.05, 0.1) is 42.1 Å². The van der Waals surface area contributed by atoms with E-state index >= 15 is 0 Å². The Kier molecular flexibility index (Phi) is 4.59. The number of methoxy groups -OCH3 is 1. The number of hydrogen-bond donors (Lipinski definition) is 6. The van der Waals surface area contributed by atoms with Gasteiger partial charge in [0, 0.05) is 29.5 Å². The maximum atomic E-state index is 13.2. The molecule has 0 amide bonds. The van der Waals surface area contributed by atoms with Crippen molar-refractivity contribution in [3.63, 3.8) is 0 Å². The highest BCUT2D eigenvalue weighted by molar-refractivity contribution is 6.31. The zero-order valence-corrected chi connectivity index (χ0v) is 15.9. The van der Waals surface area contributed by atoms with Crippen LogP contribution in [0.1, 0.15) is 55.5 Å². The van der Waals surface area contributed by atoms with Gasteiger partial charge in [0.1, 0.15) is 23.4 Å². The van der Waals surface area contributed by atoms with Crippen LogP contribution >= 0.6 is 0 Å². The molecule has 3 atom stereocenters. The molecule has 0 aromatic heterocycles. The third-order valence-electron chi connectivity index (χ3n) is 5.92. The molecule has 9 nitrogen and oxygen atoms in total. The number of rotatable bonds is 3. The van der Waals surface area contributed by atoms with Crippen molar-refractivity contribution < 1.29 is 45.0 Å². The minimum Gasteiger partial charge on any atom is -0.507 e. The van der Waals surface area contributed by atoms with E-state index in [-0.39, 0.29) is 28.0 Å². The zero-order chi connectivity index (χ0) is 22.0. The van der Waals surface area contributed by atoms with Gasteiger partial charge in [0.2, 0.25) is 5.78 Å². The molecule has 0 saturated carbocycles. The lowest BCUT2D eigenvalue weighted by Crippen LogP contribution is -2.50. The number of carbonyl (C=O) groups excluding carboxylic acids is 2. The quantitative estimate of drug-likeness (QED) is 0.321. The third-order valence-corrected chi connectivity index (χ3v) is 5.92. The van der Waals surface area contributed by atoms with Crippen LogP contribution in [0.4, 0.5) is 0 Å². The highest BCUT2D eigenvalue weighted by Crippen LogP contribution is 2.51. The fourth-order valence-corrected chi connectivity index (χ4v) is 4.40. The van der Waals surface area contributed by atoms with E-state index in [4.69, 9.17) is 4.74 Å². The minimum atomic E-state index is -2.01. The van der Waals surface area contributed by atoms with Crippen molar-refractivity contribution in [3.05, 3.63) is 51.6 Å². The van der Waals surface area contributed by atoms with Gasteiger partial charge in [-0.25, -0.2) is 0 Å². The first kappa shape index (κ1) is 20.3. The maximum Gasteiger partial charge on any atom is 0.202 e. The average molecular weight is 416 g/mol. The Morgan fingerprint density at radius 2 is 1.80 bits per heavy atom. The molecule has 1 unspecified atom stereocenters. The molecule has 0 spiro atoms. The zero-order valence-electron chi connectivity index (χ0n) is 15.9. The van der Waals surface area contributed by atoms with E-state index in [9.17, 15) is 40.2 Å². The van der Waals surface area contributed by atoms with Crippen LogP contribution in [0.3, 0.4) is 0 Å². The van der Waals surface area contributed by atoms with Crippen LogP contribution in [-0.2, 0) is 6.42 Å². The van der Waals surface area contributed by atoms with Crippen LogP contribution in [-0.4, -0.2) is 67.6 Å². The molecule has 30 heavy (non-hydrogen) atoms. The molecule has 0 radical (unpaired) electrons. The van der Waals surface area contributed by atoms with E-state index < -0.39 is 71.4 Å². The van der Waals surface area contributed by atoms with Gasteiger partial charge in [-0.2, -0.15) is 0 Å². The van der Waals surface area contributed by atoms with Gasteiger partial charge in [-0.1, -0.05) is 12.1 Å². The summed E-state index contributed by atoms with van der Waals surface area (Å²) >= 11 is 0. The van der Waals surface area contributed by atoms with Crippen molar-refractivity contribution in [1.82, 2.24) is 0 Å². The molecule has 0 saturated heterocycles. The molecule has 2 aliphatic carbocycles. The fourth-order valence-electron chi connectivity index (χ4n) is 4.40. The summed E-state index contributed by atoms with van der Waals surface area (Å²) in [6.45, 7) is -0.805. The lowest BCUT2D eigenvalue weighted by atomic mass is 9.71. The summed E-state index contributed by atoms with van der Waals surface area (Å²) in [4.78, 5) is 26.3. The third kappa shape index (κ3) is 2.56. The summed E-state index contributed by atoms with van der Waals surface area (Å²) in [7, 11) is 1.32. The number of aliphatic hydroxyl groups excluding tert-OH is 3. The van der Waals surface area contributed by atoms with Crippen LogP contribution in [0.25, 0.3) is 0 Å². The van der Waals surface area contributed by atoms with Gasteiger partial charge in [0.25, 0.3) is 0 Å². The van der Waals surface area contributed by atoms with Crippen molar-refractivity contribution in [1.29, 1.82) is 0 Å². The molecule has 158 valence electrons. The topological polar surface area (TPSA) is 165 Å². The second-order valence-corrected chi connectivity index (χ2v) is 7.58. The molecule has 0 bridgehead atoms. The van der Waals surface area contributed by atoms with Crippen molar-refractivity contribution in [2.75, 3.05) is 13.7 Å². The Hall–Kier alpha value is -2.98. The first-order chi connectivity index (χ1) is 14.2. The lowest BCUT2D eigenvalue weighted by Gasteiger charge is -2.40. The summed E-state index contributed by atoms with van der Waals surface area (Å²) in [6.07, 6.45) is -4.13. The lowest BCUT2D eigenvalue weighted by molar-refractivity contribution is -0.122. The number of ether oxygens (including phenoxy) is 1. The maximum absolute atomic E-state index is 13.2. The number of phenols is 2. The van der Waals surface area contributed by atoms with Gasteiger partial charge < -0.3 is 35.4 Å². The van der Waals surface area contributed by atoms with E-state index in [0.717, 1.165) is 0 Å². The number of carbonyl (C=O) groups is 2. The van der Waals surface area contributed by atoms with Crippen molar-refractivity contribution in [2.24, 2.45) is 0 Å². The van der Waals surface area contributed by atoms with Crippen LogP contribution in [0.2, 0.25) is 0 Å². The highest BCUT2D eigenvalue weighted by Gasteiger charge is 2.48. The first-order valence-corrected chi connectivity index (χ1v) is 9.22. The fraction of sp³-hybridized carbons (Fsp3) is 0.333. The number of hydrogen-bond acceptors (Lipinski definition) is 9. The molecule has 0 heterocycles. The van der Waals surface area contributed by atoms with Gasteiger partial charge in [-0.15, -0.1) is 0 Å². The Bertz CT molecular complexity index is 1090. The largest absolute Gasteiger partial charge is 0.507 e. The van der Waals surface area contributed by atoms with Crippen molar-refractivity contribution in [3.8, 4) is 17.2 Å². The average Bonchev–Trinajstić information content (AvgIpc) is 2.72. The first-order valence-electron chi connectivity index (χ1n) is 9.22. The number of aliphatic hydroxyl groups is 4. The number of ketones is 2. The predicted molar refractivity (Wildman–Crippen MR) is 101 cm³/mol. The monoisotopic (exact) mass is 416 g/mol. The normalized spacial score (nSPS) is 23.4. The number of fused-ring (bicyclic) bond motifs is 3. The SMILES string of the molecule is COc1cccc2c1C(=O)c1c(O)c3c(c(O)c1C2=O)C[C@@](O)([C@H](O)CO)CC3O. The molecule has 0 fully saturated rings. The number of benzene rings is 2. The molecule has 2 aliphatic rings. The standard InChI is InChI=1S/C21H20O9/c1-30-11-4-2-3-8-14(11)20(28)16-15(17(8)25)18(26)9-5-21(29,12(24)7-22)6-10(23)13(9)19(16)27/h2-4,10,12,22-24,26-27,29H,5-7H2,1H3/t10?,12-,21+/m1/s1. The number of phenolic OH excluding ortho intramolecular Hbond substituents is 2. The van der Waals surface area contributed by atoms with E-state index in [0.29, 0.717) is 0 Å². The summed E-state index contributed by atoms with van der Waals surface area (Å²) in [5.74, 6) is -2.72. The van der Waals surface area contributed by atoms with Gasteiger partial charge in [-0.05, 0) is 6.07 Å². The van der Waals surface area contributed by atoms with Crippen molar-refractivity contribution in [2.45, 2.75) is 30.7 Å². The molecule has 2 aromatic carbocycles. The van der Waals surface area contributed by atoms with Crippen LogP contribution in [0.15, 0.2) is 18.2 Å². The van der Waals surface area contributed by atoms with E-state index in [1.54, 1.807) is 0 Å². The smallest absolute Gasteiger partial charge is 0.202 e. The molecule has 9 heteroatoms. The van der Waals surface area contributed by atoms with Gasteiger partial charge in [0.15, 0.2) is 5.78 Å². The summed E-state index contributed by atoms with van der Waals surface area (Å²) < 4.78 is 5.17. The second kappa shape index (κ2) is 6.78. The Labute approximate surface area is 170 Å². The van der Waals surface area contributed by atoms with Gasteiger partial charge in [-0.3, -0.25) is 9.59 Å². The number of aromatic hydroxyl groups is 2. The summed E-state index contributed by atoms with van der Waals surface area (Å²) in [5, 5.41) is 62.1. The van der Waals surface area contributed by atoms with E-state index in [2.05, 4.69) is 0 Å². The Morgan fingerprint density at radius 1 is 1.13 bits per heavy atom. The molecule has 4 rings (SSSR count). The minimum absolute atomic E-state index is 0.0245. The summed E-state index contributed by atoms with van der Waals surface area (Å²) in [6, 6.07) is 4.37.